The first-order valence-corrected chi connectivity index (χ1v) is 6.09. The molecule has 0 saturated heterocycles. The van der Waals surface area contributed by atoms with Crippen LogP contribution in [0.4, 0.5) is 0 Å². The maximum atomic E-state index is 4.19. The summed E-state index contributed by atoms with van der Waals surface area (Å²) in [5.41, 5.74) is 1.28. The first-order valence-electron chi connectivity index (χ1n) is 6.09. The van der Waals surface area contributed by atoms with Crippen molar-refractivity contribution in [1.82, 2.24) is 0 Å². The van der Waals surface area contributed by atoms with Crippen LogP contribution in [-0.2, 0) is 0 Å². The van der Waals surface area contributed by atoms with E-state index in [0.717, 1.165) is 18.4 Å². The van der Waals surface area contributed by atoms with Crippen LogP contribution in [0.5, 0.6) is 0 Å². The van der Waals surface area contributed by atoms with E-state index in [1.54, 1.807) is 0 Å². The van der Waals surface area contributed by atoms with Crippen molar-refractivity contribution in [3.05, 3.63) is 37.0 Å². The predicted octanol–water partition coefficient (Wildman–Crippen LogP) is 3.58. The summed E-state index contributed by atoms with van der Waals surface area (Å²) in [6.45, 7) is 14.6. The van der Waals surface area contributed by atoms with Crippen LogP contribution in [0.15, 0.2) is 37.0 Å². The maximum absolute atomic E-state index is 4.19. The molecule has 1 aliphatic carbocycles. The second-order valence-corrected chi connectivity index (χ2v) is 4.53. The Morgan fingerprint density at radius 1 is 1.31 bits per heavy atom. The van der Waals surface area contributed by atoms with Gasteiger partial charge in [-0.05, 0) is 18.1 Å². The van der Waals surface area contributed by atoms with Crippen molar-refractivity contribution in [3.8, 4) is 0 Å². The molecule has 0 spiro atoms. The summed E-state index contributed by atoms with van der Waals surface area (Å²) < 4.78 is 2.31. The fourth-order valence-electron chi connectivity index (χ4n) is 3.04. The molecular weight excluding hydrogens is 194 g/mol. The molecule has 16 heavy (non-hydrogen) atoms. The first-order chi connectivity index (χ1) is 7.54. The summed E-state index contributed by atoms with van der Waals surface area (Å²) in [5.74, 6) is 0. The van der Waals surface area contributed by atoms with Crippen LogP contribution < -0.4 is 0 Å². The second kappa shape index (κ2) is 4.40. The first kappa shape index (κ1) is 13.0. The van der Waals surface area contributed by atoms with Gasteiger partial charge in [-0.1, -0.05) is 39.2 Å². The number of hydrogen-bond acceptors (Lipinski definition) is 0. The fraction of sp³-hybridized carbons (Fsp3) is 0.533. The molecule has 2 unspecified atom stereocenters. The van der Waals surface area contributed by atoms with Crippen molar-refractivity contribution in [2.75, 3.05) is 7.05 Å². The van der Waals surface area contributed by atoms with Gasteiger partial charge in [0.1, 0.15) is 13.3 Å². The molecule has 1 heteroatoms. The van der Waals surface area contributed by atoms with E-state index >= 15 is 0 Å². The Bertz CT molecular complexity index is 344. The van der Waals surface area contributed by atoms with E-state index in [1.807, 2.05) is 6.08 Å². The van der Waals surface area contributed by atoms with Crippen molar-refractivity contribution < 1.29 is 4.58 Å². The zero-order valence-electron chi connectivity index (χ0n) is 11.1. The molecule has 0 radical (unpaired) electrons. The van der Waals surface area contributed by atoms with Crippen LogP contribution >= 0.6 is 0 Å². The SMILES string of the molecule is C=CC(=C)C1(CC)C=CC1(CC)[N+](C)=CC. The van der Waals surface area contributed by atoms with Gasteiger partial charge in [0.25, 0.3) is 0 Å². The van der Waals surface area contributed by atoms with Gasteiger partial charge in [-0.3, -0.25) is 0 Å². The highest BCUT2D eigenvalue weighted by Crippen LogP contribution is 2.54. The number of hydrogen-bond donors (Lipinski definition) is 0. The lowest BCUT2D eigenvalue weighted by atomic mass is 9.55. The van der Waals surface area contributed by atoms with E-state index in [2.05, 4.69) is 63.9 Å². The van der Waals surface area contributed by atoms with Crippen molar-refractivity contribution in [2.24, 2.45) is 5.41 Å². The molecule has 1 aliphatic rings. The molecule has 0 aromatic rings. The Morgan fingerprint density at radius 2 is 1.94 bits per heavy atom. The average molecular weight is 218 g/mol. The van der Waals surface area contributed by atoms with Gasteiger partial charge in [-0.2, -0.15) is 0 Å². The van der Waals surface area contributed by atoms with E-state index in [-0.39, 0.29) is 11.0 Å². The Morgan fingerprint density at radius 3 is 2.19 bits per heavy atom. The highest BCUT2D eigenvalue weighted by atomic mass is 15.1. The lowest BCUT2D eigenvalue weighted by molar-refractivity contribution is -0.588. The molecule has 0 amide bonds. The van der Waals surface area contributed by atoms with Crippen LogP contribution in [0.1, 0.15) is 33.6 Å². The molecule has 0 saturated carbocycles. The van der Waals surface area contributed by atoms with Crippen molar-refractivity contribution in [2.45, 2.75) is 39.2 Å². The highest BCUT2D eigenvalue weighted by molar-refractivity contribution is 5.50. The van der Waals surface area contributed by atoms with Crippen LogP contribution in [0.2, 0.25) is 0 Å². The van der Waals surface area contributed by atoms with Gasteiger partial charge in [0.15, 0.2) is 5.54 Å². The minimum absolute atomic E-state index is 0.0603. The van der Waals surface area contributed by atoms with Gasteiger partial charge in [0, 0.05) is 13.3 Å². The molecule has 2 atom stereocenters. The largest absolute Gasteiger partial charge is 0.232 e. The number of allylic oxidation sites excluding steroid dienone is 1. The van der Waals surface area contributed by atoms with E-state index in [4.69, 9.17) is 0 Å². The third-order valence-corrected chi connectivity index (χ3v) is 4.35. The topological polar surface area (TPSA) is 3.01 Å². The smallest absolute Gasteiger partial charge is 0.192 e. The van der Waals surface area contributed by atoms with Crippen molar-refractivity contribution in [1.29, 1.82) is 0 Å². The standard InChI is InChI=1S/C15H24N/c1-7-13(5)14(8-2)11-12-15(14,9-3)16(6)10-4/h7,10-12H,1,5,8-9H2,2-4,6H3/q+1. The average Bonchev–Trinajstić information content (AvgIpc) is 2.29. The molecule has 0 heterocycles. The van der Waals surface area contributed by atoms with E-state index in [1.165, 1.54) is 0 Å². The molecule has 1 nitrogen and oxygen atoms in total. The number of rotatable bonds is 5. The molecule has 0 aromatic heterocycles. The Balaban J connectivity index is 3.30. The molecule has 0 aliphatic heterocycles. The summed E-state index contributed by atoms with van der Waals surface area (Å²) in [5, 5.41) is 0. The molecular formula is C15H24N+. The summed E-state index contributed by atoms with van der Waals surface area (Å²) >= 11 is 0. The predicted molar refractivity (Wildman–Crippen MR) is 72.1 cm³/mol. The van der Waals surface area contributed by atoms with Crippen LogP contribution in [0.3, 0.4) is 0 Å². The Kier molecular flexibility index (Phi) is 3.57. The molecule has 88 valence electrons. The van der Waals surface area contributed by atoms with Gasteiger partial charge in [-0.15, -0.1) is 0 Å². The lowest BCUT2D eigenvalue weighted by Crippen LogP contribution is -2.58. The van der Waals surface area contributed by atoms with Gasteiger partial charge in [0.05, 0.1) is 5.41 Å². The minimum Gasteiger partial charge on any atom is -0.232 e. The summed E-state index contributed by atoms with van der Waals surface area (Å²) in [6, 6.07) is 0. The number of likely N-dealkylation sites (N-methyl/N-ethyl adjacent to an activating group) is 1. The molecule has 0 bridgehead atoms. The molecule has 1 rings (SSSR count). The zero-order chi connectivity index (χ0) is 12.4. The van der Waals surface area contributed by atoms with Gasteiger partial charge in [0.2, 0.25) is 0 Å². The van der Waals surface area contributed by atoms with Gasteiger partial charge in [-0.25, -0.2) is 4.58 Å². The Hall–Kier alpha value is -1.11. The van der Waals surface area contributed by atoms with Crippen molar-refractivity contribution >= 4 is 6.21 Å². The quantitative estimate of drug-likeness (QED) is 0.287. The third-order valence-electron chi connectivity index (χ3n) is 4.35. The molecule has 0 aromatic carbocycles. The van der Waals surface area contributed by atoms with Crippen LogP contribution in [-0.4, -0.2) is 23.4 Å². The summed E-state index contributed by atoms with van der Waals surface area (Å²) in [7, 11) is 2.15. The maximum Gasteiger partial charge on any atom is 0.192 e. The zero-order valence-corrected chi connectivity index (χ0v) is 11.1. The molecule has 0 N–H and O–H groups in total. The van der Waals surface area contributed by atoms with E-state index < -0.39 is 0 Å². The Labute approximate surface area is 99.9 Å². The molecule has 0 fully saturated rings. The van der Waals surface area contributed by atoms with E-state index in [0.29, 0.717) is 0 Å². The lowest BCUT2D eigenvalue weighted by Gasteiger charge is -2.50. The normalized spacial score (nSPS) is 33.4. The second-order valence-electron chi connectivity index (χ2n) is 4.53. The van der Waals surface area contributed by atoms with Gasteiger partial charge >= 0.3 is 0 Å². The third kappa shape index (κ3) is 1.34. The van der Waals surface area contributed by atoms with Gasteiger partial charge < -0.3 is 0 Å². The minimum atomic E-state index is 0.0603. The summed E-state index contributed by atoms with van der Waals surface area (Å²) in [6.07, 6.45) is 10.8. The fourth-order valence-corrected chi connectivity index (χ4v) is 3.04. The monoisotopic (exact) mass is 218 g/mol. The van der Waals surface area contributed by atoms with Crippen LogP contribution in [0.25, 0.3) is 0 Å². The van der Waals surface area contributed by atoms with Crippen molar-refractivity contribution in [3.63, 3.8) is 0 Å². The number of nitrogens with zero attached hydrogens (tertiary/aromatic N) is 1. The van der Waals surface area contributed by atoms with E-state index in [9.17, 15) is 0 Å². The summed E-state index contributed by atoms with van der Waals surface area (Å²) in [4.78, 5) is 0. The highest BCUT2D eigenvalue weighted by Gasteiger charge is 2.59. The van der Waals surface area contributed by atoms with Crippen LogP contribution in [0, 0.1) is 5.41 Å².